The first-order valence-corrected chi connectivity index (χ1v) is 5.52. The van der Waals surface area contributed by atoms with Crippen molar-refractivity contribution in [1.29, 1.82) is 0 Å². The topological polar surface area (TPSA) is 35.5 Å². The number of hydrogen-bond acceptors (Lipinski definition) is 3. The second kappa shape index (κ2) is 6.23. The number of rotatable bonds is 5. The summed E-state index contributed by atoms with van der Waals surface area (Å²) in [6.45, 7) is 1.90. The molecule has 94 valence electrons. The van der Waals surface area contributed by atoms with Gasteiger partial charge >= 0.3 is 5.97 Å². The van der Waals surface area contributed by atoms with Gasteiger partial charge in [0.05, 0.1) is 20.1 Å². The van der Waals surface area contributed by atoms with Crippen LogP contribution in [0.3, 0.4) is 0 Å². The Morgan fingerprint density at radius 2 is 2.12 bits per heavy atom. The lowest BCUT2D eigenvalue weighted by Crippen LogP contribution is -2.18. The lowest BCUT2D eigenvalue weighted by atomic mass is 9.96. The van der Waals surface area contributed by atoms with E-state index >= 15 is 0 Å². The van der Waals surface area contributed by atoms with Gasteiger partial charge in [0.2, 0.25) is 0 Å². The van der Waals surface area contributed by atoms with Crippen LogP contribution in [-0.2, 0) is 16.0 Å². The molecule has 0 saturated heterocycles. The smallest absolute Gasteiger partial charge is 0.308 e. The quantitative estimate of drug-likeness (QED) is 0.742. The van der Waals surface area contributed by atoms with Crippen molar-refractivity contribution in [2.75, 3.05) is 14.2 Å². The molecular weight excluding hydrogens is 223 g/mol. The third-order valence-corrected chi connectivity index (χ3v) is 2.74. The molecule has 0 amide bonds. The van der Waals surface area contributed by atoms with E-state index in [1.165, 1.54) is 26.4 Å². The van der Waals surface area contributed by atoms with Crippen LogP contribution in [0.15, 0.2) is 18.2 Å². The first kappa shape index (κ1) is 13.5. The third kappa shape index (κ3) is 3.44. The fourth-order valence-electron chi connectivity index (χ4n) is 1.73. The number of carbonyl (C=O) groups is 1. The third-order valence-electron chi connectivity index (χ3n) is 2.74. The van der Waals surface area contributed by atoms with Crippen LogP contribution in [-0.4, -0.2) is 20.2 Å². The summed E-state index contributed by atoms with van der Waals surface area (Å²) in [5, 5.41) is 0. The molecule has 0 heterocycles. The van der Waals surface area contributed by atoms with E-state index in [1.54, 1.807) is 6.07 Å². The molecule has 1 rings (SSSR count). The van der Waals surface area contributed by atoms with Crippen molar-refractivity contribution in [2.45, 2.75) is 19.8 Å². The monoisotopic (exact) mass is 240 g/mol. The molecule has 0 bridgehead atoms. The minimum atomic E-state index is -0.333. The first-order valence-electron chi connectivity index (χ1n) is 5.52. The zero-order chi connectivity index (χ0) is 12.8. The SMILES string of the molecule is CCC(Cc1cc(F)ccc1OC)C(=O)OC. The Hall–Kier alpha value is -1.58. The Kier molecular flexibility index (Phi) is 4.94. The van der Waals surface area contributed by atoms with Gasteiger partial charge in [-0.1, -0.05) is 6.92 Å². The van der Waals surface area contributed by atoms with Gasteiger partial charge in [-0.2, -0.15) is 0 Å². The normalized spacial score (nSPS) is 12.0. The molecule has 0 aliphatic carbocycles. The zero-order valence-electron chi connectivity index (χ0n) is 10.3. The van der Waals surface area contributed by atoms with E-state index in [0.29, 0.717) is 24.2 Å². The maximum atomic E-state index is 13.1. The van der Waals surface area contributed by atoms with Crippen LogP contribution in [0.2, 0.25) is 0 Å². The van der Waals surface area contributed by atoms with Gasteiger partial charge in [0, 0.05) is 0 Å². The van der Waals surface area contributed by atoms with E-state index in [2.05, 4.69) is 0 Å². The fourth-order valence-corrected chi connectivity index (χ4v) is 1.73. The largest absolute Gasteiger partial charge is 0.496 e. The molecule has 0 fully saturated rings. The first-order chi connectivity index (χ1) is 8.12. The fraction of sp³-hybridized carbons (Fsp3) is 0.462. The summed E-state index contributed by atoms with van der Waals surface area (Å²) in [6.07, 6.45) is 1.07. The number of esters is 1. The number of hydrogen-bond donors (Lipinski definition) is 0. The zero-order valence-corrected chi connectivity index (χ0v) is 10.3. The molecule has 0 spiro atoms. The average molecular weight is 240 g/mol. The van der Waals surface area contributed by atoms with Crippen LogP contribution in [0.5, 0.6) is 5.75 Å². The molecule has 1 unspecified atom stereocenters. The summed E-state index contributed by atoms with van der Waals surface area (Å²) in [7, 11) is 2.88. The Morgan fingerprint density at radius 3 is 2.65 bits per heavy atom. The van der Waals surface area contributed by atoms with E-state index < -0.39 is 0 Å². The van der Waals surface area contributed by atoms with Crippen molar-refractivity contribution in [3.8, 4) is 5.75 Å². The molecule has 0 aliphatic rings. The summed E-state index contributed by atoms with van der Waals surface area (Å²) in [4.78, 5) is 11.5. The summed E-state index contributed by atoms with van der Waals surface area (Å²) in [5.74, 6) is -0.288. The molecule has 0 N–H and O–H groups in total. The lowest BCUT2D eigenvalue weighted by molar-refractivity contribution is -0.145. The summed E-state index contributed by atoms with van der Waals surface area (Å²) >= 11 is 0. The predicted octanol–water partition coefficient (Wildman–Crippen LogP) is 2.58. The van der Waals surface area contributed by atoms with Gasteiger partial charge in [0.1, 0.15) is 11.6 Å². The number of carbonyl (C=O) groups excluding carboxylic acids is 1. The van der Waals surface area contributed by atoms with Crippen molar-refractivity contribution < 1.29 is 18.7 Å². The lowest BCUT2D eigenvalue weighted by Gasteiger charge is -2.14. The van der Waals surface area contributed by atoms with Crippen molar-refractivity contribution in [2.24, 2.45) is 5.92 Å². The van der Waals surface area contributed by atoms with Gasteiger partial charge in [0.15, 0.2) is 0 Å². The maximum Gasteiger partial charge on any atom is 0.308 e. The highest BCUT2D eigenvalue weighted by Gasteiger charge is 2.19. The molecule has 1 aromatic rings. The summed E-state index contributed by atoms with van der Waals surface area (Å²) < 4.78 is 23.0. The van der Waals surface area contributed by atoms with Gasteiger partial charge in [0.25, 0.3) is 0 Å². The van der Waals surface area contributed by atoms with Crippen LogP contribution in [0.4, 0.5) is 4.39 Å². The molecule has 3 nitrogen and oxygen atoms in total. The van der Waals surface area contributed by atoms with E-state index in [-0.39, 0.29) is 17.7 Å². The number of methoxy groups -OCH3 is 2. The van der Waals surface area contributed by atoms with Crippen LogP contribution in [0.1, 0.15) is 18.9 Å². The van der Waals surface area contributed by atoms with Crippen molar-refractivity contribution >= 4 is 5.97 Å². The second-order valence-electron chi connectivity index (χ2n) is 3.79. The minimum Gasteiger partial charge on any atom is -0.496 e. The van der Waals surface area contributed by atoms with E-state index in [0.717, 1.165) is 0 Å². The van der Waals surface area contributed by atoms with Gasteiger partial charge in [-0.25, -0.2) is 4.39 Å². The van der Waals surface area contributed by atoms with E-state index in [1.807, 2.05) is 6.92 Å². The maximum absolute atomic E-state index is 13.1. The number of benzene rings is 1. The highest BCUT2D eigenvalue weighted by molar-refractivity contribution is 5.72. The Balaban J connectivity index is 2.92. The van der Waals surface area contributed by atoms with Gasteiger partial charge < -0.3 is 9.47 Å². The van der Waals surface area contributed by atoms with E-state index in [4.69, 9.17) is 9.47 Å². The molecular formula is C13H17FO3. The van der Waals surface area contributed by atoms with Gasteiger partial charge in [-0.05, 0) is 36.6 Å². The van der Waals surface area contributed by atoms with E-state index in [9.17, 15) is 9.18 Å². The molecule has 0 saturated carbocycles. The van der Waals surface area contributed by atoms with Crippen LogP contribution in [0.25, 0.3) is 0 Å². The molecule has 0 radical (unpaired) electrons. The van der Waals surface area contributed by atoms with Crippen LogP contribution in [0, 0.1) is 11.7 Å². The number of halogens is 1. The number of ether oxygens (including phenoxy) is 2. The Morgan fingerprint density at radius 1 is 1.41 bits per heavy atom. The Bertz CT molecular complexity index is 390. The summed E-state index contributed by atoms with van der Waals surface area (Å²) in [5.41, 5.74) is 0.685. The average Bonchev–Trinajstić information content (AvgIpc) is 2.35. The predicted molar refractivity (Wildman–Crippen MR) is 62.5 cm³/mol. The summed E-state index contributed by atoms with van der Waals surface area (Å²) in [6, 6.07) is 4.29. The second-order valence-corrected chi connectivity index (χ2v) is 3.79. The minimum absolute atomic E-state index is 0.268. The highest BCUT2D eigenvalue weighted by atomic mass is 19.1. The molecule has 17 heavy (non-hydrogen) atoms. The highest BCUT2D eigenvalue weighted by Crippen LogP contribution is 2.24. The molecule has 1 atom stereocenters. The van der Waals surface area contributed by atoms with Crippen molar-refractivity contribution in [3.63, 3.8) is 0 Å². The van der Waals surface area contributed by atoms with Crippen molar-refractivity contribution in [3.05, 3.63) is 29.6 Å². The standard InChI is InChI=1S/C13H17FO3/c1-4-9(13(15)17-3)7-10-8-11(14)5-6-12(10)16-2/h5-6,8-9H,4,7H2,1-3H3. The van der Waals surface area contributed by atoms with Gasteiger partial charge in [-0.15, -0.1) is 0 Å². The molecule has 4 heteroatoms. The van der Waals surface area contributed by atoms with Crippen LogP contribution < -0.4 is 4.74 Å². The van der Waals surface area contributed by atoms with Crippen molar-refractivity contribution in [1.82, 2.24) is 0 Å². The molecule has 0 aliphatic heterocycles. The Labute approximate surface area is 101 Å². The molecule has 1 aromatic carbocycles. The molecule has 0 aromatic heterocycles. The van der Waals surface area contributed by atoms with Crippen LogP contribution >= 0.6 is 0 Å². The van der Waals surface area contributed by atoms with Gasteiger partial charge in [-0.3, -0.25) is 4.79 Å².